The van der Waals surface area contributed by atoms with Gasteiger partial charge in [0.1, 0.15) is 0 Å². The van der Waals surface area contributed by atoms with Crippen LogP contribution in [0.25, 0.3) is 6.08 Å². The van der Waals surface area contributed by atoms with Crippen molar-refractivity contribution in [2.45, 2.75) is 36.3 Å². The molecule has 0 N–H and O–H groups in total. The van der Waals surface area contributed by atoms with Gasteiger partial charge in [0, 0.05) is 18.5 Å². The van der Waals surface area contributed by atoms with Crippen molar-refractivity contribution in [3.63, 3.8) is 0 Å². The quantitative estimate of drug-likeness (QED) is 0.839. The summed E-state index contributed by atoms with van der Waals surface area (Å²) in [6.07, 6.45) is 8.01. The predicted molar refractivity (Wildman–Crippen MR) is 79.9 cm³/mol. The zero-order chi connectivity index (χ0) is 13.8. The number of nitrogens with zero attached hydrogens (tertiary/aromatic N) is 1. The predicted octanol–water partition coefficient (Wildman–Crippen LogP) is 2.54. The fraction of sp³-hybridized carbons (Fsp3) is 0.500. The van der Waals surface area contributed by atoms with Crippen LogP contribution >= 0.6 is 0 Å². The standard InChI is InChI=1S/C16H19NO2S/c18-20(19,14-5-6-14)17-11-9-16(10-12-17)8-7-13-3-1-2-4-15(13)16/h1-4,7-8,14H,5-6,9-12H2. The van der Waals surface area contributed by atoms with Crippen LogP contribution in [-0.2, 0) is 15.4 Å². The Morgan fingerprint density at radius 1 is 1.10 bits per heavy atom. The Balaban J connectivity index is 1.57. The molecule has 0 radical (unpaired) electrons. The smallest absolute Gasteiger partial charge is 0.212 e. The normalized spacial score (nSPS) is 25.0. The lowest BCUT2D eigenvalue weighted by Crippen LogP contribution is -2.45. The van der Waals surface area contributed by atoms with E-state index in [1.54, 1.807) is 4.31 Å². The molecule has 0 unspecified atom stereocenters. The third-order valence-corrected chi connectivity index (χ3v) is 7.40. The van der Waals surface area contributed by atoms with E-state index in [4.69, 9.17) is 0 Å². The Kier molecular flexibility index (Phi) is 2.63. The van der Waals surface area contributed by atoms with Gasteiger partial charge < -0.3 is 0 Å². The molecule has 1 aromatic rings. The average Bonchev–Trinajstić information content (AvgIpc) is 3.27. The van der Waals surface area contributed by atoms with Crippen LogP contribution in [0, 0.1) is 0 Å². The summed E-state index contributed by atoms with van der Waals surface area (Å²) in [5, 5.41) is -0.0806. The van der Waals surface area contributed by atoms with Gasteiger partial charge in [-0.25, -0.2) is 12.7 Å². The van der Waals surface area contributed by atoms with E-state index in [9.17, 15) is 8.42 Å². The molecule has 2 aliphatic carbocycles. The van der Waals surface area contributed by atoms with Crippen molar-refractivity contribution in [1.29, 1.82) is 0 Å². The van der Waals surface area contributed by atoms with Crippen LogP contribution < -0.4 is 0 Å². The van der Waals surface area contributed by atoms with Crippen molar-refractivity contribution in [3.8, 4) is 0 Å². The Hall–Kier alpha value is -1.13. The third kappa shape index (κ3) is 1.78. The SMILES string of the molecule is O=S(=O)(C1CC1)N1CCC2(C=Cc3ccccc32)CC1. The Bertz CT molecular complexity index is 665. The van der Waals surface area contributed by atoms with Crippen molar-refractivity contribution in [1.82, 2.24) is 4.31 Å². The molecule has 1 heterocycles. The van der Waals surface area contributed by atoms with E-state index < -0.39 is 10.0 Å². The molecule has 1 saturated heterocycles. The van der Waals surface area contributed by atoms with Crippen molar-refractivity contribution >= 4 is 16.1 Å². The summed E-state index contributed by atoms with van der Waals surface area (Å²) in [4.78, 5) is 0. The molecule has 0 amide bonds. The molecule has 20 heavy (non-hydrogen) atoms. The molecule has 0 atom stereocenters. The van der Waals surface area contributed by atoms with Gasteiger partial charge in [0.15, 0.2) is 0 Å². The average molecular weight is 289 g/mol. The topological polar surface area (TPSA) is 37.4 Å². The molecule has 1 spiro atoms. The molecule has 3 nitrogen and oxygen atoms in total. The minimum absolute atomic E-state index is 0.0756. The lowest BCUT2D eigenvalue weighted by molar-refractivity contribution is 0.274. The molecule has 4 heteroatoms. The molecule has 106 valence electrons. The molecular weight excluding hydrogens is 270 g/mol. The first kappa shape index (κ1) is 12.6. The van der Waals surface area contributed by atoms with E-state index in [1.807, 2.05) is 0 Å². The molecule has 3 aliphatic rings. The fourth-order valence-corrected chi connectivity index (χ4v) is 5.43. The number of benzene rings is 1. The molecule has 2 fully saturated rings. The van der Waals surface area contributed by atoms with Crippen LogP contribution in [0.1, 0.15) is 36.8 Å². The number of piperidine rings is 1. The van der Waals surface area contributed by atoms with E-state index in [0.717, 1.165) is 25.7 Å². The summed E-state index contributed by atoms with van der Waals surface area (Å²) >= 11 is 0. The second-order valence-corrected chi connectivity index (χ2v) is 8.43. The minimum atomic E-state index is -3.00. The molecule has 4 rings (SSSR count). The van der Waals surface area contributed by atoms with Gasteiger partial charge in [-0.05, 0) is 36.8 Å². The van der Waals surface area contributed by atoms with Crippen LogP contribution in [0.4, 0.5) is 0 Å². The number of allylic oxidation sites excluding steroid dienone is 1. The number of fused-ring (bicyclic) bond motifs is 2. The molecule has 1 saturated carbocycles. The summed E-state index contributed by atoms with van der Waals surface area (Å²) in [6.45, 7) is 1.33. The second kappa shape index (κ2) is 4.18. The highest BCUT2D eigenvalue weighted by Crippen LogP contribution is 2.45. The highest BCUT2D eigenvalue weighted by Gasteiger charge is 2.45. The first-order valence-electron chi connectivity index (χ1n) is 7.40. The van der Waals surface area contributed by atoms with Gasteiger partial charge >= 0.3 is 0 Å². The van der Waals surface area contributed by atoms with Gasteiger partial charge in [0.25, 0.3) is 0 Å². The van der Waals surface area contributed by atoms with Crippen LogP contribution in [-0.4, -0.2) is 31.1 Å². The zero-order valence-electron chi connectivity index (χ0n) is 11.5. The van der Waals surface area contributed by atoms with Crippen molar-refractivity contribution in [3.05, 3.63) is 41.5 Å². The van der Waals surface area contributed by atoms with Gasteiger partial charge in [-0.1, -0.05) is 36.4 Å². The van der Waals surface area contributed by atoms with Crippen LogP contribution in [0.15, 0.2) is 30.3 Å². The summed E-state index contributed by atoms with van der Waals surface area (Å²) in [5.41, 5.74) is 2.75. The zero-order valence-corrected chi connectivity index (χ0v) is 12.3. The number of rotatable bonds is 2. The Morgan fingerprint density at radius 2 is 1.80 bits per heavy atom. The summed E-state index contributed by atoms with van der Waals surface area (Å²) in [6, 6.07) is 8.49. The maximum absolute atomic E-state index is 12.3. The molecule has 0 bridgehead atoms. The number of hydrogen-bond acceptors (Lipinski definition) is 2. The number of sulfonamides is 1. The molecular formula is C16H19NO2S. The summed E-state index contributed by atoms with van der Waals surface area (Å²) < 4.78 is 26.3. The lowest BCUT2D eigenvalue weighted by Gasteiger charge is -2.38. The first-order chi connectivity index (χ1) is 9.62. The minimum Gasteiger partial charge on any atom is -0.212 e. The lowest BCUT2D eigenvalue weighted by atomic mass is 9.75. The molecule has 1 aliphatic heterocycles. The van der Waals surface area contributed by atoms with Crippen molar-refractivity contribution in [2.24, 2.45) is 0 Å². The van der Waals surface area contributed by atoms with Crippen LogP contribution in [0.2, 0.25) is 0 Å². The Morgan fingerprint density at radius 3 is 2.50 bits per heavy atom. The number of hydrogen-bond donors (Lipinski definition) is 0. The van der Waals surface area contributed by atoms with E-state index in [0.29, 0.717) is 13.1 Å². The third-order valence-electron chi connectivity index (χ3n) is 5.00. The van der Waals surface area contributed by atoms with Gasteiger partial charge in [-0.2, -0.15) is 0 Å². The van der Waals surface area contributed by atoms with E-state index in [-0.39, 0.29) is 10.7 Å². The first-order valence-corrected chi connectivity index (χ1v) is 8.90. The Labute approximate surface area is 120 Å². The van der Waals surface area contributed by atoms with Crippen LogP contribution in [0.5, 0.6) is 0 Å². The molecule has 1 aromatic carbocycles. The highest BCUT2D eigenvalue weighted by atomic mass is 32.2. The van der Waals surface area contributed by atoms with E-state index in [2.05, 4.69) is 36.4 Å². The molecule has 0 aromatic heterocycles. The summed E-state index contributed by atoms with van der Waals surface area (Å²) in [5.74, 6) is 0. The highest BCUT2D eigenvalue weighted by molar-refractivity contribution is 7.90. The maximum atomic E-state index is 12.3. The summed E-state index contributed by atoms with van der Waals surface area (Å²) in [7, 11) is -3.00. The second-order valence-electron chi connectivity index (χ2n) is 6.22. The van der Waals surface area contributed by atoms with Crippen LogP contribution in [0.3, 0.4) is 0 Å². The van der Waals surface area contributed by atoms with Crippen molar-refractivity contribution in [2.75, 3.05) is 13.1 Å². The van der Waals surface area contributed by atoms with E-state index in [1.165, 1.54) is 11.1 Å². The monoisotopic (exact) mass is 289 g/mol. The van der Waals surface area contributed by atoms with Gasteiger partial charge in [0.2, 0.25) is 10.0 Å². The maximum Gasteiger partial charge on any atom is 0.216 e. The van der Waals surface area contributed by atoms with Gasteiger partial charge in [0.05, 0.1) is 5.25 Å². The largest absolute Gasteiger partial charge is 0.216 e. The fourth-order valence-electron chi connectivity index (χ4n) is 3.59. The van der Waals surface area contributed by atoms with Gasteiger partial charge in [-0.15, -0.1) is 0 Å². The van der Waals surface area contributed by atoms with Crippen molar-refractivity contribution < 1.29 is 8.42 Å². The van der Waals surface area contributed by atoms with E-state index >= 15 is 0 Å². The van der Waals surface area contributed by atoms with Gasteiger partial charge in [-0.3, -0.25) is 0 Å².